The van der Waals surface area contributed by atoms with Crippen molar-refractivity contribution in [2.24, 2.45) is 0 Å². The van der Waals surface area contributed by atoms with Crippen LogP contribution in [0.2, 0.25) is 5.02 Å². The maximum absolute atomic E-state index is 13.5. The van der Waals surface area contributed by atoms with Crippen LogP contribution in [0.5, 0.6) is 0 Å². The van der Waals surface area contributed by atoms with Crippen molar-refractivity contribution < 1.29 is 9.18 Å². The van der Waals surface area contributed by atoms with Gasteiger partial charge in [0.2, 0.25) is 0 Å². The molecular weight excluding hydrogens is 279 g/mol. The predicted molar refractivity (Wildman–Crippen MR) is 78.2 cm³/mol. The van der Waals surface area contributed by atoms with Gasteiger partial charge in [0.1, 0.15) is 12.5 Å². The maximum Gasteiger partial charge on any atom is 0.124 e. The molecule has 1 aliphatic heterocycles. The molecule has 1 aromatic carbocycles. The fourth-order valence-corrected chi connectivity index (χ4v) is 3.04. The van der Waals surface area contributed by atoms with Crippen molar-refractivity contribution in [1.82, 2.24) is 4.98 Å². The van der Waals surface area contributed by atoms with Gasteiger partial charge in [0, 0.05) is 31.1 Å². The van der Waals surface area contributed by atoms with Crippen LogP contribution in [0.3, 0.4) is 0 Å². The summed E-state index contributed by atoms with van der Waals surface area (Å²) in [7, 11) is 0. The molecule has 1 atom stereocenters. The molecule has 104 valence electrons. The van der Waals surface area contributed by atoms with E-state index in [9.17, 15) is 9.18 Å². The Bertz CT molecular complexity index is 662. The monoisotopic (exact) mass is 292 g/mol. The third-order valence-corrected chi connectivity index (χ3v) is 3.96. The number of anilines is 1. The second-order valence-corrected chi connectivity index (χ2v) is 5.38. The first-order valence-electron chi connectivity index (χ1n) is 6.59. The number of benzene rings is 1. The number of alkyl halides is 1. The molecule has 0 N–H and O–H groups in total. The maximum atomic E-state index is 13.5. The molecule has 0 spiro atoms. The number of hydrogen-bond donors (Lipinski definition) is 0. The Balaban J connectivity index is 2.22. The number of halogens is 2. The number of hydrogen-bond acceptors (Lipinski definition) is 3. The van der Waals surface area contributed by atoms with E-state index in [4.69, 9.17) is 11.6 Å². The van der Waals surface area contributed by atoms with Gasteiger partial charge in [-0.1, -0.05) is 11.6 Å². The van der Waals surface area contributed by atoms with Gasteiger partial charge in [-0.25, -0.2) is 4.39 Å². The van der Waals surface area contributed by atoms with E-state index in [0.29, 0.717) is 24.5 Å². The number of aldehydes is 1. The highest BCUT2D eigenvalue weighted by atomic mass is 35.5. The van der Waals surface area contributed by atoms with Crippen molar-refractivity contribution in [2.45, 2.75) is 19.0 Å². The van der Waals surface area contributed by atoms with Crippen LogP contribution in [0, 0.1) is 0 Å². The fraction of sp³-hybridized carbons (Fsp3) is 0.333. The molecule has 0 amide bonds. The molecule has 2 heterocycles. The number of carbonyl (C=O) groups excluding carboxylic acids is 1. The van der Waals surface area contributed by atoms with E-state index in [1.54, 1.807) is 12.3 Å². The van der Waals surface area contributed by atoms with Gasteiger partial charge >= 0.3 is 0 Å². The minimum atomic E-state index is -0.825. The normalized spacial score (nSPS) is 18.7. The van der Waals surface area contributed by atoms with Crippen LogP contribution in [0.4, 0.5) is 10.1 Å². The summed E-state index contributed by atoms with van der Waals surface area (Å²) in [6.45, 7) is 0.986. The first-order chi connectivity index (χ1) is 9.70. The van der Waals surface area contributed by atoms with Crippen LogP contribution in [-0.4, -0.2) is 30.5 Å². The van der Waals surface area contributed by atoms with Crippen molar-refractivity contribution in [3.8, 4) is 0 Å². The zero-order valence-corrected chi connectivity index (χ0v) is 11.6. The summed E-state index contributed by atoms with van der Waals surface area (Å²) < 4.78 is 13.5. The van der Waals surface area contributed by atoms with Crippen molar-refractivity contribution in [3.05, 3.63) is 35.0 Å². The lowest BCUT2D eigenvalue weighted by Crippen LogP contribution is -2.22. The smallest absolute Gasteiger partial charge is 0.124 e. The Hall–Kier alpha value is -1.68. The predicted octanol–water partition coefficient (Wildman–Crippen LogP) is 3.18. The number of fused-ring (bicyclic) bond motifs is 1. The number of carbonyl (C=O) groups is 1. The first kappa shape index (κ1) is 13.3. The highest BCUT2D eigenvalue weighted by molar-refractivity contribution is 6.36. The quantitative estimate of drug-likeness (QED) is 0.815. The van der Waals surface area contributed by atoms with E-state index in [2.05, 4.69) is 4.98 Å². The number of nitrogens with zero attached hydrogens (tertiary/aromatic N) is 2. The van der Waals surface area contributed by atoms with Gasteiger partial charge in [0.15, 0.2) is 0 Å². The Labute approximate surface area is 121 Å². The summed E-state index contributed by atoms with van der Waals surface area (Å²) in [6.07, 6.45) is 2.48. The van der Waals surface area contributed by atoms with E-state index in [0.717, 1.165) is 28.4 Å². The molecule has 1 saturated heterocycles. The molecule has 1 aromatic heterocycles. The van der Waals surface area contributed by atoms with Crippen LogP contribution >= 0.6 is 11.6 Å². The molecule has 0 radical (unpaired) electrons. The van der Waals surface area contributed by atoms with E-state index >= 15 is 0 Å². The number of rotatable bonds is 3. The van der Waals surface area contributed by atoms with Crippen LogP contribution in [0.15, 0.2) is 24.4 Å². The highest BCUT2D eigenvalue weighted by Gasteiger charge is 2.26. The van der Waals surface area contributed by atoms with E-state index in [1.165, 1.54) is 0 Å². The second kappa shape index (κ2) is 5.37. The number of pyridine rings is 1. The van der Waals surface area contributed by atoms with Gasteiger partial charge in [-0.05, 0) is 30.2 Å². The summed E-state index contributed by atoms with van der Waals surface area (Å²) in [5.74, 6) is 0. The summed E-state index contributed by atoms with van der Waals surface area (Å²) >= 11 is 6.26. The molecule has 5 heteroatoms. The lowest BCUT2D eigenvalue weighted by Gasteiger charge is -2.23. The summed E-state index contributed by atoms with van der Waals surface area (Å²) in [5.41, 5.74) is 2.40. The lowest BCUT2D eigenvalue weighted by atomic mass is 10.0. The molecular formula is C15H14ClFN2O. The van der Waals surface area contributed by atoms with Crippen molar-refractivity contribution in [1.29, 1.82) is 0 Å². The highest BCUT2D eigenvalue weighted by Crippen LogP contribution is 2.36. The molecule has 20 heavy (non-hydrogen) atoms. The zero-order valence-electron chi connectivity index (χ0n) is 10.9. The Kier molecular flexibility index (Phi) is 3.57. The fourth-order valence-electron chi connectivity index (χ4n) is 2.76. The van der Waals surface area contributed by atoms with Gasteiger partial charge in [0.05, 0.1) is 16.2 Å². The minimum Gasteiger partial charge on any atom is -0.367 e. The Morgan fingerprint density at radius 3 is 3.10 bits per heavy atom. The number of aromatic nitrogens is 1. The molecule has 0 unspecified atom stereocenters. The summed E-state index contributed by atoms with van der Waals surface area (Å²) in [4.78, 5) is 17.3. The summed E-state index contributed by atoms with van der Waals surface area (Å²) in [5, 5.41) is 1.41. The van der Waals surface area contributed by atoms with Crippen molar-refractivity contribution >= 4 is 34.5 Å². The van der Waals surface area contributed by atoms with E-state index < -0.39 is 6.17 Å². The Morgan fingerprint density at radius 2 is 2.40 bits per heavy atom. The average Bonchev–Trinajstić information content (AvgIpc) is 2.86. The van der Waals surface area contributed by atoms with Crippen molar-refractivity contribution in [3.63, 3.8) is 0 Å². The average molecular weight is 293 g/mol. The Morgan fingerprint density at radius 1 is 1.55 bits per heavy atom. The van der Waals surface area contributed by atoms with Crippen LogP contribution < -0.4 is 4.90 Å². The van der Waals surface area contributed by atoms with Gasteiger partial charge in [-0.2, -0.15) is 0 Å². The van der Waals surface area contributed by atoms with Crippen LogP contribution in [0.1, 0.15) is 12.0 Å². The molecule has 0 saturated carbocycles. The zero-order chi connectivity index (χ0) is 14.1. The van der Waals surface area contributed by atoms with Gasteiger partial charge in [-0.15, -0.1) is 0 Å². The molecule has 3 nitrogen and oxygen atoms in total. The standard InChI is InChI=1S/C15H14ClFN2O/c16-13-8-10(4-7-20)15(19-6-3-11(17)9-19)14-12(13)2-1-5-18-14/h1-2,5,7-8,11H,3-4,6,9H2/t11-/m0/s1. The molecule has 3 rings (SSSR count). The molecule has 0 bridgehead atoms. The summed E-state index contributed by atoms with van der Waals surface area (Å²) in [6, 6.07) is 5.50. The van der Waals surface area contributed by atoms with Gasteiger partial charge < -0.3 is 9.69 Å². The molecule has 0 aliphatic carbocycles. The van der Waals surface area contributed by atoms with Crippen molar-refractivity contribution in [2.75, 3.05) is 18.0 Å². The van der Waals surface area contributed by atoms with E-state index in [1.807, 2.05) is 17.0 Å². The molecule has 1 aliphatic rings. The molecule has 1 fully saturated rings. The third kappa shape index (κ3) is 2.24. The lowest BCUT2D eigenvalue weighted by molar-refractivity contribution is -0.107. The van der Waals surface area contributed by atoms with Crippen LogP contribution in [-0.2, 0) is 11.2 Å². The SMILES string of the molecule is O=CCc1cc(Cl)c2cccnc2c1N1CC[C@H](F)C1. The minimum absolute atomic E-state index is 0.259. The van der Waals surface area contributed by atoms with Crippen LogP contribution in [0.25, 0.3) is 10.9 Å². The van der Waals surface area contributed by atoms with Gasteiger partial charge in [0.25, 0.3) is 0 Å². The topological polar surface area (TPSA) is 33.2 Å². The third-order valence-electron chi connectivity index (χ3n) is 3.64. The largest absolute Gasteiger partial charge is 0.367 e. The second-order valence-electron chi connectivity index (χ2n) is 4.97. The van der Waals surface area contributed by atoms with E-state index in [-0.39, 0.29) is 6.42 Å². The van der Waals surface area contributed by atoms with Gasteiger partial charge in [-0.3, -0.25) is 4.98 Å². The molecule has 2 aromatic rings. The first-order valence-corrected chi connectivity index (χ1v) is 6.97.